The maximum absolute atomic E-state index is 13.0. The molecule has 2 aromatic carbocycles. The fraction of sp³-hybridized carbons (Fsp3) is 0.111. The van der Waals surface area contributed by atoms with Crippen LogP contribution in [0.25, 0.3) is 11.3 Å². The van der Waals surface area contributed by atoms with E-state index in [-0.39, 0.29) is 28.7 Å². The lowest BCUT2D eigenvalue weighted by molar-refractivity contribution is -0.384. The van der Waals surface area contributed by atoms with E-state index in [1.54, 1.807) is 19.1 Å². The van der Waals surface area contributed by atoms with Crippen molar-refractivity contribution in [3.63, 3.8) is 0 Å². The largest absolute Gasteiger partial charge is 0.455 e. The third-order valence-electron chi connectivity index (χ3n) is 3.85. The van der Waals surface area contributed by atoms with E-state index < -0.39 is 10.9 Å². The Balaban J connectivity index is 1.74. The van der Waals surface area contributed by atoms with Gasteiger partial charge in [-0.1, -0.05) is 16.8 Å². The fourth-order valence-corrected chi connectivity index (χ4v) is 2.56. The molecule has 0 saturated heterocycles. The number of ether oxygens (including phenoxy) is 1. The Labute approximate surface area is 157 Å². The van der Waals surface area contributed by atoms with Crippen LogP contribution in [-0.4, -0.2) is 16.0 Å². The molecule has 9 heteroatoms. The molecule has 1 aromatic heterocycles. The van der Waals surface area contributed by atoms with Crippen LogP contribution >= 0.6 is 11.6 Å². The number of benzene rings is 2. The highest BCUT2D eigenvalue weighted by Gasteiger charge is 2.19. The number of aromatic nitrogens is 1. The van der Waals surface area contributed by atoms with E-state index in [1.165, 1.54) is 24.3 Å². The molecule has 27 heavy (non-hydrogen) atoms. The molecule has 0 spiro atoms. The van der Waals surface area contributed by atoms with Gasteiger partial charge in [-0.15, -0.1) is 0 Å². The first-order valence-corrected chi connectivity index (χ1v) is 8.06. The highest BCUT2D eigenvalue weighted by molar-refractivity contribution is 6.32. The van der Waals surface area contributed by atoms with Gasteiger partial charge >= 0.3 is 5.97 Å². The molecular weight excluding hydrogens is 379 g/mol. The summed E-state index contributed by atoms with van der Waals surface area (Å²) in [6, 6.07) is 9.32. The summed E-state index contributed by atoms with van der Waals surface area (Å²) >= 11 is 5.72. The number of hydrogen-bond acceptors (Lipinski definition) is 6. The van der Waals surface area contributed by atoms with E-state index in [0.717, 1.165) is 6.07 Å². The number of nitrogens with zero attached hydrogens (tertiary/aromatic N) is 2. The molecule has 0 atom stereocenters. The monoisotopic (exact) mass is 390 g/mol. The van der Waals surface area contributed by atoms with Gasteiger partial charge in [-0.2, -0.15) is 0 Å². The Hall–Kier alpha value is -3.26. The molecule has 0 N–H and O–H groups in total. The van der Waals surface area contributed by atoms with Crippen LogP contribution in [0, 0.1) is 22.9 Å². The van der Waals surface area contributed by atoms with Gasteiger partial charge in [0.15, 0.2) is 5.76 Å². The predicted octanol–water partition coefficient (Wildman–Crippen LogP) is 4.71. The topological polar surface area (TPSA) is 95.5 Å². The van der Waals surface area contributed by atoms with E-state index in [2.05, 4.69) is 5.16 Å². The molecule has 0 amide bonds. The lowest BCUT2D eigenvalue weighted by Crippen LogP contribution is -2.06. The second kappa shape index (κ2) is 7.55. The Morgan fingerprint density at radius 1 is 1.30 bits per heavy atom. The number of carbonyl (C=O) groups is 1. The highest BCUT2D eigenvalue weighted by Crippen LogP contribution is 2.27. The van der Waals surface area contributed by atoms with Crippen LogP contribution in [0.4, 0.5) is 10.1 Å². The Morgan fingerprint density at radius 2 is 2.00 bits per heavy atom. The Kier molecular flexibility index (Phi) is 5.18. The van der Waals surface area contributed by atoms with Crippen LogP contribution in [0.15, 0.2) is 47.0 Å². The van der Waals surface area contributed by atoms with Gasteiger partial charge < -0.3 is 9.26 Å². The molecule has 7 nitrogen and oxygen atoms in total. The summed E-state index contributed by atoms with van der Waals surface area (Å²) in [7, 11) is 0. The van der Waals surface area contributed by atoms with Gasteiger partial charge in [0.25, 0.3) is 5.69 Å². The van der Waals surface area contributed by atoms with Crippen molar-refractivity contribution in [2.24, 2.45) is 0 Å². The van der Waals surface area contributed by atoms with Crippen molar-refractivity contribution < 1.29 is 23.4 Å². The molecule has 0 fully saturated rings. The summed E-state index contributed by atoms with van der Waals surface area (Å²) in [4.78, 5) is 22.4. The van der Waals surface area contributed by atoms with Gasteiger partial charge in [0.05, 0.1) is 10.5 Å². The first-order valence-electron chi connectivity index (χ1n) is 7.69. The van der Waals surface area contributed by atoms with E-state index in [4.69, 9.17) is 20.9 Å². The van der Waals surface area contributed by atoms with Gasteiger partial charge in [0.1, 0.15) is 23.1 Å². The van der Waals surface area contributed by atoms with Crippen LogP contribution in [0.2, 0.25) is 5.02 Å². The zero-order valence-electron chi connectivity index (χ0n) is 13.9. The van der Waals surface area contributed by atoms with Crippen molar-refractivity contribution >= 4 is 23.3 Å². The molecule has 0 saturated carbocycles. The van der Waals surface area contributed by atoms with Crippen LogP contribution in [0.3, 0.4) is 0 Å². The second-order valence-electron chi connectivity index (χ2n) is 5.59. The van der Waals surface area contributed by atoms with Gasteiger partial charge in [0, 0.05) is 17.2 Å². The van der Waals surface area contributed by atoms with Crippen molar-refractivity contribution in [2.45, 2.75) is 13.5 Å². The Morgan fingerprint density at radius 3 is 2.67 bits per heavy atom. The van der Waals surface area contributed by atoms with Crippen LogP contribution in [0.5, 0.6) is 0 Å². The molecule has 1 heterocycles. The smallest absolute Gasteiger partial charge is 0.338 e. The maximum Gasteiger partial charge on any atom is 0.338 e. The fourth-order valence-electron chi connectivity index (χ4n) is 2.37. The van der Waals surface area contributed by atoms with Gasteiger partial charge in [0.2, 0.25) is 0 Å². The lowest BCUT2D eigenvalue weighted by atomic mass is 10.1. The summed E-state index contributed by atoms with van der Waals surface area (Å²) < 4.78 is 23.4. The minimum Gasteiger partial charge on any atom is -0.455 e. The van der Waals surface area contributed by atoms with Crippen molar-refractivity contribution in [3.05, 3.63) is 80.2 Å². The number of hydrogen-bond donors (Lipinski definition) is 0. The molecule has 3 rings (SSSR count). The summed E-state index contributed by atoms with van der Waals surface area (Å²) in [5.74, 6) is -0.703. The van der Waals surface area contributed by atoms with E-state index >= 15 is 0 Å². The van der Waals surface area contributed by atoms with Crippen molar-refractivity contribution in [3.8, 4) is 11.3 Å². The zero-order chi connectivity index (χ0) is 19.6. The highest BCUT2D eigenvalue weighted by atomic mass is 35.5. The van der Waals surface area contributed by atoms with E-state index in [0.29, 0.717) is 22.6 Å². The van der Waals surface area contributed by atoms with Gasteiger partial charge in [-0.25, -0.2) is 9.18 Å². The minimum atomic E-state index is -0.763. The number of carbonyl (C=O) groups excluding carboxylic acids is 1. The van der Waals surface area contributed by atoms with Crippen LogP contribution in [0.1, 0.15) is 21.6 Å². The van der Waals surface area contributed by atoms with E-state index in [9.17, 15) is 19.3 Å². The first-order chi connectivity index (χ1) is 12.9. The molecular formula is C18H12ClFN2O5. The lowest BCUT2D eigenvalue weighted by Gasteiger charge is -2.04. The summed E-state index contributed by atoms with van der Waals surface area (Å²) in [5, 5.41) is 14.7. The summed E-state index contributed by atoms with van der Waals surface area (Å²) in [6.07, 6.45) is 0. The Bertz CT molecular complexity index is 1020. The number of halogens is 2. The molecule has 0 aliphatic carbocycles. The number of nitro groups is 1. The van der Waals surface area contributed by atoms with Gasteiger partial charge in [-0.05, 0) is 43.3 Å². The quantitative estimate of drug-likeness (QED) is 0.355. The normalized spacial score (nSPS) is 10.6. The maximum atomic E-state index is 13.0. The van der Waals surface area contributed by atoms with Crippen LogP contribution < -0.4 is 0 Å². The van der Waals surface area contributed by atoms with E-state index in [1.807, 2.05) is 0 Å². The van der Waals surface area contributed by atoms with Crippen LogP contribution in [-0.2, 0) is 11.3 Å². The van der Waals surface area contributed by atoms with Gasteiger partial charge in [-0.3, -0.25) is 10.1 Å². The molecule has 0 bridgehead atoms. The standard InChI is InChI=1S/C18H12ClFN2O5/c1-10-15(21-27-17(10)11-2-5-13(20)6-3-11)9-26-18(23)12-4-7-14(19)16(8-12)22(24)25/h2-8H,9H2,1H3. The molecule has 0 aliphatic rings. The number of nitro benzene ring substituents is 1. The average molecular weight is 391 g/mol. The molecule has 3 aromatic rings. The summed E-state index contributed by atoms with van der Waals surface area (Å²) in [5.41, 5.74) is 1.25. The van der Waals surface area contributed by atoms with Crippen molar-refractivity contribution in [2.75, 3.05) is 0 Å². The summed E-state index contributed by atoms with van der Waals surface area (Å²) in [6.45, 7) is 1.54. The zero-order valence-corrected chi connectivity index (χ0v) is 14.7. The predicted molar refractivity (Wildman–Crippen MR) is 93.9 cm³/mol. The number of esters is 1. The third kappa shape index (κ3) is 3.95. The molecule has 0 aliphatic heterocycles. The number of rotatable bonds is 5. The first kappa shape index (κ1) is 18.5. The molecule has 138 valence electrons. The molecule has 0 radical (unpaired) electrons. The van der Waals surface area contributed by atoms with Crippen molar-refractivity contribution in [1.82, 2.24) is 5.16 Å². The minimum absolute atomic E-state index is 0.00833. The third-order valence-corrected chi connectivity index (χ3v) is 4.17. The second-order valence-corrected chi connectivity index (χ2v) is 6.00. The average Bonchev–Trinajstić information content (AvgIpc) is 3.01. The molecule has 0 unspecified atom stereocenters. The van der Waals surface area contributed by atoms with Crippen molar-refractivity contribution in [1.29, 1.82) is 0 Å². The SMILES string of the molecule is Cc1c(COC(=O)c2ccc(Cl)c([N+](=O)[O-])c2)noc1-c1ccc(F)cc1.